The number of methoxy groups -OCH3 is 2. The van der Waals surface area contributed by atoms with Crippen LogP contribution in [-0.4, -0.2) is 59.2 Å². The fourth-order valence-corrected chi connectivity index (χ4v) is 4.87. The molecule has 2 aromatic heterocycles. The van der Waals surface area contributed by atoms with Crippen LogP contribution in [0.2, 0.25) is 5.02 Å². The summed E-state index contributed by atoms with van der Waals surface area (Å²) in [5, 5.41) is 7.84. The Morgan fingerprint density at radius 1 is 1.15 bits per heavy atom. The molecule has 13 heteroatoms. The number of ether oxygens (including phenoxy) is 3. The van der Waals surface area contributed by atoms with Crippen molar-refractivity contribution in [3.8, 4) is 17.2 Å². The molecule has 4 rings (SSSR count). The number of halogens is 1. The number of nitrogens with one attached hydrogen (secondary N) is 1. The highest BCUT2D eigenvalue weighted by atomic mass is 35.5. The van der Waals surface area contributed by atoms with Crippen LogP contribution in [0.3, 0.4) is 0 Å². The van der Waals surface area contributed by atoms with E-state index in [4.69, 9.17) is 25.8 Å². The zero-order valence-corrected chi connectivity index (χ0v) is 20.7. The average Bonchev–Trinajstić information content (AvgIpc) is 3.18. The van der Waals surface area contributed by atoms with Crippen molar-refractivity contribution in [2.75, 3.05) is 25.5 Å². The van der Waals surface area contributed by atoms with Crippen molar-refractivity contribution in [2.24, 2.45) is 0 Å². The van der Waals surface area contributed by atoms with Gasteiger partial charge in [0.25, 0.3) is 0 Å². The second-order valence-corrected chi connectivity index (χ2v) is 10.3. The van der Waals surface area contributed by atoms with Gasteiger partial charge in [0.15, 0.2) is 5.82 Å². The minimum Gasteiger partial charge on any atom is -0.494 e. The van der Waals surface area contributed by atoms with Gasteiger partial charge >= 0.3 is 0 Å². The van der Waals surface area contributed by atoms with Gasteiger partial charge in [-0.3, -0.25) is 9.29 Å². The Bertz CT molecular complexity index is 1240. The highest BCUT2D eigenvalue weighted by molar-refractivity contribution is 7.93. The normalized spacial score (nSPS) is 17.5. The first-order valence-electron chi connectivity index (χ1n) is 10.5. The van der Waals surface area contributed by atoms with Gasteiger partial charge in [-0.25, -0.2) is 18.4 Å². The summed E-state index contributed by atoms with van der Waals surface area (Å²) in [6, 6.07) is 5.25. The highest BCUT2D eigenvalue weighted by Crippen LogP contribution is 2.39. The van der Waals surface area contributed by atoms with Gasteiger partial charge in [-0.1, -0.05) is 24.6 Å². The summed E-state index contributed by atoms with van der Waals surface area (Å²) in [5.74, 6) is 1.17. The van der Waals surface area contributed by atoms with Crippen LogP contribution >= 0.6 is 11.6 Å². The standard InChI is InChI=1S/C21H25ClN6O5S/c1-12(19-23-10-14(22)11-24-19)13(2)34(29,30)27-21-26-25-20(17-8-9-33-17)28(21)18-15(31-3)6-5-7-16(18)32-4/h5-7,10-13,17H,8-9H2,1-4H3,(H,26,27)/t12?,13?,17-/m1/s1. The molecule has 1 aliphatic rings. The van der Waals surface area contributed by atoms with E-state index >= 15 is 0 Å². The minimum absolute atomic E-state index is 0.00984. The SMILES string of the molecule is COc1cccc(OC)c1-n1c(NS(=O)(=O)C(C)C(C)c2ncc(Cl)cn2)nnc1[C@H]1CCO1. The quantitative estimate of drug-likeness (QED) is 0.463. The van der Waals surface area contributed by atoms with E-state index in [9.17, 15) is 8.42 Å². The van der Waals surface area contributed by atoms with Crippen LogP contribution < -0.4 is 14.2 Å². The molecule has 11 nitrogen and oxygen atoms in total. The second-order valence-electron chi connectivity index (χ2n) is 7.78. The van der Waals surface area contributed by atoms with E-state index in [1.54, 1.807) is 36.6 Å². The molecule has 0 radical (unpaired) electrons. The molecule has 1 aromatic carbocycles. The molecule has 0 aliphatic carbocycles. The van der Waals surface area contributed by atoms with Crippen LogP contribution in [0.5, 0.6) is 11.5 Å². The number of sulfonamides is 1. The topological polar surface area (TPSA) is 130 Å². The van der Waals surface area contributed by atoms with E-state index in [0.717, 1.165) is 6.42 Å². The van der Waals surface area contributed by atoms with Crippen molar-refractivity contribution in [3.05, 3.63) is 47.3 Å². The molecule has 0 bridgehead atoms. The van der Waals surface area contributed by atoms with E-state index in [-0.39, 0.29) is 12.1 Å². The fraction of sp³-hybridized carbons (Fsp3) is 0.429. The number of rotatable bonds is 9. The number of nitrogens with zero attached hydrogens (tertiary/aromatic N) is 5. The molecule has 1 N–H and O–H groups in total. The largest absolute Gasteiger partial charge is 0.494 e. The summed E-state index contributed by atoms with van der Waals surface area (Å²) in [4.78, 5) is 8.32. The number of aromatic nitrogens is 5. The van der Waals surface area contributed by atoms with Gasteiger partial charge in [-0.15, -0.1) is 10.2 Å². The molecular weight excluding hydrogens is 484 g/mol. The molecule has 0 spiro atoms. The van der Waals surface area contributed by atoms with Crippen LogP contribution in [-0.2, 0) is 14.8 Å². The second kappa shape index (κ2) is 9.72. The number of hydrogen-bond donors (Lipinski definition) is 1. The summed E-state index contributed by atoms with van der Waals surface area (Å²) < 4.78 is 47.6. The summed E-state index contributed by atoms with van der Waals surface area (Å²) in [7, 11) is -0.919. The lowest BCUT2D eigenvalue weighted by atomic mass is 10.1. The Balaban J connectivity index is 1.74. The number of hydrogen-bond acceptors (Lipinski definition) is 9. The van der Waals surface area contributed by atoms with Gasteiger partial charge in [0.05, 0.1) is 31.1 Å². The summed E-state index contributed by atoms with van der Waals surface area (Å²) in [5.41, 5.74) is 0.461. The zero-order valence-electron chi connectivity index (χ0n) is 19.1. The number of anilines is 1. The first-order chi connectivity index (χ1) is 16.3. The van der Waals surface area contributed by atoms with Gasteiger partial charge in [-0.05, 0) is 19.1 Å². The van der Waals surface area contributed by atoms with Crippen molar-refractivity contribution in [3.63, 3.8) is 0 Å². The maximum Gasteiger partial charge on any atom is 0.243 e. The first-order valence-corrected chi connectivity index (χ1v) is 12.5. The number of para-hydroxylation sites is 1. The average molecular weight is 509 g/mol. The minimum atomic E-state index is -3.95. The van der Waals surface area contributed by atoms with Crippen LogP contribution in [0.1, 0.15) is 43.9 Å². The van der Waals surface area contributed by atoms with Gasteiger partial charge in [0, 0.05) is 24.7 Å². The van der Waals surface area contributed by atoms with E-state index in [1.165, 1.54) is 26.6 Å². The maximum atomic E-state index is 13.4. The highest BCUT2D eigenvalue weighted by Gasteiger charge is 2.35. The lowest BCUT2D eigenvalue weighted by molar-refractivity contribution is -0.0589. The summed E-state index contributed by atoms with van der Waals surface area (Å²) in [6.45, 7) is 3.89. The molecular formula is C21H25ClN6O5S. The number of benzene rings is 1. The van der Waals surface area contributed by atoms with E-state index < -0.39 is 21.2 Å². The van der Waals surface area contributed by atoms with Crippen molar-refractivity contribution in [2.45, 2.75) is 37.5 Å². The maximum absolute atomic E-state index is 13.4. The van der Waals surface area contributed by atoms with Gasteiger partial charge in [0.2, 0.25) is 16.0 Å². The molecule has 3 aromatic rings. The van der Waals surface area contributed by atoms with Gasteiger partial charge in [0.1, 0.15) is 29.1 Å². The van der Waals surface area contributed by atoms with Crippen LogP contribution in [0.15, 0.2) is 30.6 Å². The molecule has 0 amide bonds. The Kier molecular flexibility index (Phi) is 6.91. The van der Waals surface area contributed by atoms with E-state index in [1.807, 2.05) is 0 Å². The Labute approximate surface area is 202 Å². The van der Waals surface area contributed by atoms with Crippen LogP contribution in [0.4, 0.5) is 5.95 Å². The monoisotopic (exact) mass is 508 g/mol. The van der Waals surface area contributed by atoms with Gasteiger partial charge < -0.3 is 14.2 Å². The predicted octanol–water partition coefficient (Wildman–Crippen LogP) is 3.12. The molecule has 182 valence electrons. The van der Waals surface area contributed by atoms with Crippen molar-refractivity contribution < 1.29 is 22.6 Å². The van der Waals surface area contributed by atoms with E-state index in [2.05, 4.69) is 24.9 Å². The Hall–Kier alpha value is -2.96. The third-order valence-corrected chi connectivity index (χ3v) is 7.82. The fourth-order valence-electron chi connectivity index (χ4n) is 3.54. The smallest absolute Gasteiger partial charge is 0.243 e. The molecule has 1 saturated heterocycles. The Morgan fingerprint density at radius 2 is 1.76 bits per heavy atom. The molecule has 3 atom stereocenters. The molecule has 3 heterocycles. The third kappa shape index (κ3) is 4.52. The molecule has 0 saturated carbocycles. The van der Waals surface area contributed by atoms with Crippen LogP contribution in [0.25, 0.3) is 5.69 Å². The summed E-state index contributed by atoms with van der Waals surface area (Å²) >= 11 is 5.86. The zero-order chi connectivity index (χ0) is 24.5. The molecule has 1 aliphatic heterocycles. The lowest BCUT2D eigenvalue weighted by Crippen LogP contribution is -2.32. The predicted molar refractivity (Wildman–Crippen MR) is 125 cm³/mol. The molecule has 2 unspecified atom stereocenters. The van der Waals surface area contributed by atoms with Crippen LogP contribution in [0, 0.1) is 0 Å². The van der Waals surface area contributed by atoms with Crippen molar-refractivity contribution in [1.82, 2.24) is 24.7 Å². The van der Waals surface area contributed by atoms with Gasteiger partial charge in [-0.2, -0.15) is 0 Å². The third-order valence-electron chi connectivity index (χ3n) is 5.78. The molecule has 34 heavy (non-hydrogen) atoms. The van der Waals surface area contributed by atoms with Crippen molar-refractivity contribution >= 4 is 27.6 Å². The van der Waals surface area contributed by atoms with E-state index in [0.29, 0.717) is 40.5 Å². The summed E-state index contributed by atoms with van der Waals surface area (Å²) in [6.07, 6.45) is 3.26. The first kappa shape index (κ1) is 24.2. The van der Waals surface area contributed by atoms with Crippen molar-refractivity contribution in [1.29, 1.82) is 0 Å². The Morgan fingerprint density at radius 3 is 2.29 bits per heavy atom. The lowest BCUT2D eigenvalue weighted by Gasteiger charge is -2.27. The molecule has 1 fully saturated rings.